The number of aromatic nitrogens is 2. The Labute approximate surface area is 218 Å². The van der Waals surface area contributed by atoms with Crippen molar-refractivity contribution in [3.63, 3.8) is 0 Å². The largest absolute Gasteiger partial charge is 0.427 e. The van der Waals surface area contributed by atoms with Gasteiger partial charge in [0, 0.05) is 24.6 Å². The van der Waals surface area contributed by atoms with Crippen molar-refractivity contribution in [2.45, 2.75) is 71.9 Å². The third-order valence-corrected chi connectivity index (χ3v) is 9.15. The number of carbonyl (C=O) groups excluding carboxylic acids is 4. The molecule has 37 heavy (non-hydrogen) atoms. The Morgan fingerprint density at radius 3 is 2.59 bits per heavy atom. The molecule has 0 aromatic carbocycles. The predicted octanol–water partition coefficient (Wildman–Crippen LogP) is 3.18. The standard InChI is InChI=1S/C26H31N3O7S/c1-13-17(16-10-28-11-27-19(15(3)31)23(28)37-16)21(29-20(13)18(14(2)30)22(29)32)24(33)35-12-36-25(34)26(4)8-6-5-7-9-26/h10-11,13-14,18,20,30H,5-9,12H2,1-4H3/t13-,14+,18+,20+/m0/s1. The molecule has 1 amide bonds. The van der Waals surface area contributed by atoms with E-state index < -0.39 is 42.2 Å². The maximum Gasteiger partial charge on any atom is 0.358 e. The quantitative estimate of drug-likeness (QED) is 0.251. The number of Topliss-reactive ketones (excluding diaryl/α,β-unsaturated/α-hetero) is 1. The maximum absolute atomic E-state index is 13.4. The molecule has 0 unspecified atom stereocenters. The van der Waals surface area contributed by atoms with Crippen molar-refractivity contribution in [3.8, 4) is 0 Å². The van der Waals surface area contributed by atoms with Crippen molar-refractivity contribution in [3.05, 3.63) is 28.8 Å². The summed E-state index contributed by atoms with van der Waals surface area (Å²) in [5.74, 6) is -2.61. The number of hydrogen-bond acceptors (Lipinski definition) is 9. The predicted molar refractivity (Wildman–Crippen MR) is 133 cm³/mol. The zero-order valence-corrected chi connectivity index (χ0v) is 22.2. The summed E-state index contributed by atoms with van der Waals surface area (Å²) >= 11 is 1.30. The Balaban J connectivity index is 1.43. The molecular formula is C26H31N3O7S. The van der Waals surface area contributed by atoms with Crippen LogP contribution in [0.25, 0.3) is 10.4 Å². The van der Waals surface area contributed by atoms with Gasteiger partial charge in [-0.05, 0) is 26.7 Å². The maximum atomic E-state index is 13.4. The van der Waals surface area contributed by atoms with Crippen LogP contribution in [0.2, 0.25) is 0 Å². The van der Waals surface area contributed by atoms with E-state index in [1.54, 1.807) is 17.5 Å². The van der Waals surface area contributed by atoms with Crippen LogP contribution in [-0.2, 0) is 23.9 Å². The van der Waals surface area contributed by atoms with Crippen LogP contribution in [0.5, 0.6) is 0 Å². The van der Waals surface area contributed by atoms with Crippen LogP contribution < -0.4 is 0 Å². The smallest absolute Gasteiger partial charge is 0.358 e. The zero-order chi connectivity index (χ0) is 26.6. The summed E-state index contributed by atoms with van der Waals surface area (Å²) in [7, 11) is 0. The number of ether oxygens (including phenoxy) is 2. The van der Waals surface area contributed by atoms with Gasteiger partial charge in [-0.1, -0.05) is 26.2 Å². The number of aliphatic hydroxyl groups excluding tert-OH is 1. The highest BCUT2D eigenvalue weighted by molar-refractivity contribution is 7.18. The van der Waals surface area contributed by atoms with Crippen LogP contribution in [0.4, 0.5) is 0 Å². The number of thiazole rings is 1. The molecule has 1 aliphatic carbocycles. The first kappa shape index (κ1) is 25.6. The molecule has 0 radical (unpaired) electrons. The average molecular weight is 530 g/mol. The van der Waals surface area contributed by atoms with Gasteiger partial charge in [0.1, 0.15) is 22.5 Å². The summed E-state index contributed by atoms with van der Waals surface area (Å²) in [4.78, 5) is 57.9. The lowest BCUT2D eigenvalue weighted by Crippen LogP contribution is -2.63. The van der Waals surface area contributed by atoms with Crippen molar-refractivity contribution in [1.82, 2.24) is 14.3 Å². The fraction of sp³-hybridized carbons (Fsp3) is 0.577. The van der Waals surface area contributed by atoms with Crippen LogP contribution in [0.1, 0.15) is 75.2 Å². The van der Waals surface area contributed by atoms with Gasteiger partial charge in [-0.15, -0.1) is 11.3 Å². The second-order valence-corrected chi connectivity index (χ2v) is 11.6. The molecule has 4 atom stereocenters. The second-order valence-electron chi connectivity index (χ2n) is 10.6. The highest BCUT2D eigenvalue weighted by atomic mass is 32.1. The summed E-state index contributed by atoms with van der Waals surface area (Å²) in [6, 6.07) is -0.402. The lowest BCUT2D eigenvalue weighted by Gasteiger charge is -2.46. The SMILES string of the molecule is CC(=O)c1ncn2cc(C3=C(C(=O)OCOC(=O)C4(C)CCCCC4)N4C(=O)[C@H]([C@@H](C)O)[C@H]4[C@H]3C)sc12. The minimum Gasteiger partial charge on any atom is -0.427 e. The molecule has 11 heteroatoms. The minimum absolute atomic E-state index is 0.0844. The second kappa shape index (κ2) is 9.36. The Morgan fingerprint density at radius 2 is 1.95 bits per heavy atom. The third kappa shape index (κ3) is 4.08. The van der Waals surface area contributed by atoms with Crippen LogP contribution in [-0.4, -0.2) is 62.0 Å². The Kier molecular flexibility index (Phi) is 6.47. The van der Waals surface area contributed by atoms with E-state index in [0.29, 0.717) is 21.0 Å². The molecule has 1 saturated heterocycles. The molecule has 1 saturated carbocycles. The molecule has 0 spiro atoms. The molecule has 10 nitrogen and oxygen atoms in total. The number of fused-ring (bicyclic) bond motifs is 2. The number of hydrogen-bond donors (Lipinski definition) is 1. The Bertz CT molecular complexity index is 1320. The number of amides is 1. The molecule has 1 N–H and O–H groups in total. The van der Waals surface area contributed by atoms with Crippen molar-refractivity contribution in [1.29, 1.82) is 0 Å². The first-order valence-electron chi connectivity index (χ1n) is 12.6. The van der Waals surface area contributed by atoms with Crippen molar-refractivity contribution in [2.24, 2.45) is 17.3 Å². The number of aliphatic hydroxyl groups is 1. The molecular weight excluding hydrogens is 498 g/mol. The molecule has 2 fully saturated rings. The van der Waals surface area contributed by atoms with Crippen LogP contribution in [0.15, 0.2) is 18.2 Å². The number of rotatable bonds is 7. The number of esters is 2. The van der Waals surface area contributed by atoms with Gasteiger partial charge in [0.2, 0.25) is 12.7 Å². The lowest BCUT2D eigenvalue weighted by molar-refractivity contribution is -0.177. The van der Waals surface area contributed by atoms with Crippen LogP contribution in [0.3, 0.4) is 0 Å². The highest BCUT2D eigenvalue weighted by Gasteiger charge is 2.60. The summed E-state index contributed by atoms with van der Waals surface area (Å²) < 4.78 is 12.4. The number of nitrogens with zero attached hydrogens (tertiary/aromatic N) is 3. The van der Waals surface area contributed by atoms with Crippen LogP contribution in [0, 0.1) is 17.3 Å². The van der Waals surface area contributed by atoms with Gasteiger partial charge in [-0.3, -0.25) is 18.8 Å². The third-order valence-electron chi connectivity index (χ3n) is 8.01. The van der Waals surface area contributed by atoms with Crippen LogP contribution >= 0.6 is 11.3 Å². The molecule has 198 valence electrons. The molecule has 2 aromatic rings. The number of β-lactam (4-membered cyclic amide) rings is 1. The summed E-state index contributed by atoms with van der Waals surface area (Å²) in [5, 5.41) is 10.2. The van der Waals surface area contributed by atoms with Gasteiger partial charge in [-0.2, -0.15) is 0 Å². The topological polar surface area (TPSA) is 128 Å². The zero-order valence-electron chi connectivity index (χ0n) is 21.4. The first-order valence-corrected chi connectivity index (χ1v) is 13.4. The van der Waals surface area contributed by atoms with E-state index in [1.807, 2.05) is 13.8 Å². The van der Waals surface area contributed by atoms with Gasteiger partial charge in [0.05, 0.1) is 28.4 Å². The molecule has 0 bridgehead atoms. The summed E-state index contributed by atoms with van der Waals surface area (Å²) in [6.07, 6.45) is 6.91. The monoisotopic (exact) mass is 529 g/mol. The van der Waals surface area contributed by atoms with Gasteiger partial charge in [0.15, 0.2) is 5.78 Å². The normalized spacial score (nSPS) is 25.6. The summed E-state index contributed by atoms with van der Waals surface area (Å²) in [5.41, 5.74) is 0.429. The highest BCUT2D eigenvalue weighted by Crippen LogP contribution is 2.51. The van der Waals surface area contributed by atoms with E-state index in [1.165, 1.54) is 29.5 Å². The molecule has 5 rings (SSSR count). The van der Waals surface area contributed by atoms with E-state index in [0.717, 1.165) is 32.1 Å². The molecule has 2 aromatic heterocycles. The number of ketones is 1. The van der Waals surface area contributed by atoms with Crippen molar-refractivity contribution >= 4 is 45.4 Å². The minimum atomic E-state index is -0.877. The van der Waals surface area contributed by atoms with Crippen molar-refractivity contribution < 1.29 is 33.8 Å². The molecule has 2 aliphatic heterocycles. The number of carbonyl (C=O) groups is 4. The summed E-state index contributed by atoms with van der Waals surface area (Å²) in [6.45, 7) is 6.23. The Morgan fingerprint density at radius 1 is 1.24 bits per heavy atom. The first-order chi connectivity index (χ1) is 17.5. The molecule has 4 heterocycles. The lowest BCUT2D eigenvalue weighted by atomic mass is 9.76. The van der Waals surface area contributed by atoms with Gasteiger partial charge < -0.3 is 19.5 Å². The number of imidazole rings is 1. The Hall–Kier alpha value is -3.05. The van der Waals surface area contributed by atoms with E-state index in [9.17, 15) is 24.3 Å². The van der Waals surface area contributed by atoms with E-state index in [4.69, 9.17) is 9.47 Å². The fourth-order valence-electron chi connectivity index (χ4n) is 5.96. The van der Waals surface area contributed by atoms with E-state index >= 15 is 0 Å². The average Bonchev–Trinajstić information content (AvgIpc) is 3.48. The molecule has 3 aliphatic rings. The van der Waals surface area contributed by atoms with Gasteiger partial charge in [-0.25, -0.2) is 9.78 Å². The van der Waals surface area contributed by atoms with Gasteiger partial charge >= 0.3 is 11.9 Å². The van der Waals surface area contributed by atoms with Crippen molar-refractivity contribution in [2.75, 3.05) is 6.79 Å². The van der Waals surface area contributed by atoms with Gasteiger partial charge in [0.25, 0.3) is 0 Å². The van der Waals surface area contributed by atoms with E-state index in [2.05, 4.69) is 4.98 Å². The van der Waals surface area contributed by atoms with E-state index in [-0.39, 0.29) is 23.3 Å². The fourth-order valence-corrected chi connectivity index (χ4v) is 7.23.